The molecule has 24 nitrogen and oxygen atoms in total. The van der Waals surface area contributed by atoms with Gasteiger partial charge < -0.3 is 9.97 Å². The zero-order chi connectivity index (χ0) is 54.3. The fraction of sp³-hybridized carbons (Fsp3) is 0. The van der Waals surface area contributed by atoms with Gasteiger partial charge in [0.1, 0.15) is 0 Å². The molecule has 0 saturated carbocycles. The topological polar surface area (TPSA) is 424 Å². The average molecular weight is 1190 g/mol. The minimum atomic E-state index is -4.67. The maximum Gasteiger partial charge on any atom is 2.00 e. The summed E-state index contributed by atoms with van der Waals surface area (Å²) in [5.74, 6) is 0. The minimum absolute atomic E-state index is 0. The predicted octanol–water partition coefficient (Wildman–Crippen LogP) is 7.00. The van der Waals surface area contributed by atoms with Gasteiger partial charge in [-0.1, -0.05) is 48.5 Å². The standard InChI is InChI=1S/C44H30N4O12S4.Fe.2H2O4S/c49-61(50,51)29-9-1-25(2-10-29)41-33-17-19-35(45-33)42(26-3-11-30(12-4-26)62(52,53)54)37-21-23-39(47-37)44(28-7-15-32(16-8-28)64(58,59)60)40-24-22-38(48-40)43(36-20-18-34(41)46-36)27-5-13-31(14-6-27)63(55,56)57;;2*1-5(2,3)4/h1-24,45,48H,(H,49,50,51)(H,52,53,54)(H,55,56,57)(H,58,59,60);;2*(H2,1,2,3,4)/q;+2;;. The molecule has 0 unspecified atom stereocenters. The molecule has 2 aliphatic rings. The Hall–Kier alpha value is -6.62. The van der Waals surface area contributed by atoms with Crippen LogP contribution >= 0.6 is 0 Å². The van der Waals surface area contributed by atoms with Gasteiger partial charge in [0.05, 0.1) is 42.4 Å². The normalized spacial score (nSPS) is 12.7. The molecule has 0 saturated heterocycles. The van der Waals surface area contributed by atoms with Crippen LogP contribution in [0.1, 0.15) is 22.8 Å². The SMILES string of the molecule is O=S(=O)(O)O.O=S(=O)(O)O.O=S(=O)(O)c1ccc(-c2c3nc(c(-c4ccc(S(=O)(=O)O)cc4)c4ccc([nH]4)c(-c4ccc(S(=O)(=O)O)cc4)c4nc(c(-c5ccc(S(=O)(=O)O)cc5)c5ccc2[nH]5)C=C4)C=C3)cc1.[Fe+2]. The summed E-state index contributed by atoms with van der Waals surface area (Å²) in [5.41, 5.74) is 7.41. The van der Waals surface area contributed by atoms with Crippen LogP contribution in [0.2, 0.25) is 0 Å². The van der Waals surface area contributed by atoms with Gasteiger partial charge in [-0.05, 0) is 119 Å². The molecule has 9 rings (SSSR count). The van der Waals surface area contributed by atoms with E-state index in [-0.39, 0.29) is 36.7 Å². The molecule has 2 aliphatic heterocycles. The van der Waals surface area contributed by atoms with Gasteiger partial charge in [0.15, 0.2) is 0 Å². The Bertz CT molecular complexity index is 3800. The zero-order valence-corrected chi connectivity index (χ0v) is 43.0. The van der Waals surface area contributed by atoms with Crippen LogP contribution in [0.3, 0.4) is 0 Å². The number of rotatable bonds is 8. The van der Waals surface area contributed by atoms with E-state index in [1.165, 1.54) is 97.1 Å². The van der Waals surface area contributed by atoms with Crippen molar-refractivity contribution in [2.24, 2.45) is 0 Å². The number of H-pyrrole nitrogens is 2. The van der Waals surface area contributed by atoms with E-state index in [1.54, 1.807) is 48.6 Å². The molecule has 7 aromatic rings. The molecule has 0 radical (unpaired) electrons. The van der Waals surface area contributed by atoms with Crippen molar-refractivity contribution in [3.05, 3.63) is 144 Å². The summed E-state index contributed by atoms with van der Waals surface area (Å²) >= 11 is 0. The van der Waals surface area contributed by atoms with Crippen molar-refractivity contribution >= 4 is 108 Å². The van der Waals surface area contributed by atoms with Crippen molar-refractivity contribution in [3.63, 3.8) is 0 Å². The maximum absolute atomic E-state index is 12.0. The molecule has 0 fully saturated rings. The van der Waals surface area contributed by atoms with Gasteiger partial charge in [-0.3, -0.25) is 36.4 Å². The Kier molecular flexibility index (Phi) is 16.6. The Morgan fingerprint density at radius 1 is 0.280 bits per heavy atom. The van der Waals surface area contributed by atoms with Crippen molar-refractivity contribution in [1.29, 1.82) is 0 Å². The number of benzene rings is 4. The molecular weight excluding hydrogens is 1150 g/mol. The molecule has 0 spiro atoms. The number of nitrogens with one attached hydrogen (secondary N) is 2. The average Bonchev–Trinajstić information content (AvgIpc) is 4.13. The van der Waals surface area contributed by atoms with Gasteiger partial charge in [0, 0.05) is 44.3 Å². The summed E-state index contributed by atoms with van der Waals surface area (Å²) < 4.78 is 198. The molecule has 0 atom stereocenters. The van der Waals surface area contributed by atoms with Gasteiger partial charge in [0.2, 0.25) is 0 Å². The second-order valence-electron chi connectivity index (χ2n) is 15.4. The smallest absolute Gasteiger partial charge is 0.354 e. The Balaban J connectivity index is 0.000000761. The Labute approximate surface area is 436 Å². The van der Waals surface area contributed by atoms with Crippen LogP contribution in [0.4, 0.5) is 0 Å². The molecule has 5 heterocycles. The molecule has 8 bridgehead atoms. The van der Waals surface area contributed by atoms with Crippen molar-refractivity contribution in [2.75, 3.05) is 0 Å². The van der Waals surface area contributed by atoms with E-state index in [4.69, 9.17) is 45.0 Å². The summed E-state index contributed by atoms with van der Waals surface area (Å²) in [7, 11) is -27.5. The van der Waals surface area contributed by atoms with Crippen LogP contribution < -0.4 is 0 Å². The number of hydrogen-bond acceptors (Lipinski definition) is 14. The summed E-state index contributed by atoms with van der Waals surface area (Å²) in [6.07, 6.45) is 6.92. The largest absolute Gasteiger partial charge is 2.00 e. The fourth-order valence-corrected chi connectivity index (χ4v) is 9.51. The summed E-state index contributed by atoms with van der Waals surface area (Å²) in [6, 6.07) is 29.0. The van der Waals surface area contributed by atoms with Crippen LogP contribution in [0.15, 0.2) is 141 Å². The van der Waals surface area contributed by atoms with Gasteiger partial charge in [0.25, 0.3) is 40.5 Å². The van der Waals surface area contributed by atoms with Crippen LogP contribution in [0.5, 0.6) is 0 Å². The quantitative estimate of drug-likeness (QED) is 0.0540. The van der Waals surface area contributed by atoms with Crippen LogP contribution in [-0.4, -0.2) is 107 Å². The first-order valence-corrected chi connectivity index (χ1v) is 28.7. The second-order valence-corrected chi connectivity index (χ2v) is 22.9. The number of aromatic amines is 2. The van der Waals surface area contributed by atoms with Gasteiger partial charge in [-0.2, -0.15) is 50.5 Å². The first-order valence-electron chi connectivity index (χ1n) is 20.1. The Morgan fingerprint density at radius 3 is 0.587 bits per heavy atom. The van der Waals surface area contributed by atoms with Crippen LogP contribution in [-0.2, 0) is 78.3 Å². The zero-order valence-electron chi connectivity index (χ0n) is 37.0. The van der Waals surface area contributed by atoms with Crippen molar-refractivity contribution in [3.8, 4) is 44.5 Å². The predicted molar refractivity (Wildman–Crippen MR) is 268 cm³/mol. The summed E-state index contributed by atoms with van der Waals surface area (Å²) in [6.45, 7) is 0. The maximum atomic E-state index is 12.0. The van der Waals surface area contributed by atoms with E-state index in [0.29, 0.717) is 89.4 Å². The van der Waals surface area contributed by atoms with E-state index in [0.717, 1.165) is 0 Å². The molecule has 4 aromatic carbocycles. The van der Waals surface area contributed by atoms with Crippen molar-refractivity contribution in [2.45, 2.75) is 19.6 Å². The van der Waals surface area contributed by atoms with Gasteiger partial charge in [-0.15, -0.1) is 0 Å². The van der Waals surface area contributed by atoms with E-state index in [1.807, 2.05) is 0 Å². The monoisotopic (exact) mass is 1190 g/mol. The third kappa shape index (κ3) is 14.4. The summed E-state index contributed by atoms with van der Waals surface area (Å²) in [4.78, 5) is 15.6. The number of hydrogen-bond donors (Lipinski definition) is 10. The third-order valence-electron chi connectivity index (χ3n) is 10.5. The van der Waals surface area contributed by atoms with E-state index in [9.17, 15) is 51.9 Å². The molecule has 10 N–H and O–H groups in total. The van der Waals surface area contributed by atoms with Crippen molar-refractivity contribution in [1.82, 2.24) is 19.9 Å². The molecule has 392 valence electrons. The molecule has 0 aliphatic carbocycles. The molecule has 3 aromatic heterocycles. The number of nitrogens with zero attached hydrogens (tertiary/aromatic N) is 2. The van der Waals surface area contributed by atoms with Crippen molar-refractivity contribution < 1.29 is 104 Å². The summed E-state index contributed by atoms with van der Waals surface area (Å²) in [5, 5.41) is 0. The van der Waals surface area contributed by atoms with E-state index in [2.05, 4.69) is 9.97 Å². The molecule has 0 amide bonds. The van der Waals surface area contributed by atoms with Gasteiger partial charge in [-0.25, -0.2) is 9.97 Å². The minimum Gasteiger partial charge on any atom is -0.354 e. The first kappa shape index (κ1) is 57.7. The molecular formula is C44H34FeN4O20S6+2. The Morgan fingerprint density at radius 2 is 0.440 bits per heavy atom. The molecule has 31 heteroatoms. The second kappa shape index (κ2) is 21.5. The van der Waals surface area contributed by atoms with Crippen LogP contribution in [0, 0.1) is 0 Å². The third-order valence-corrected chi connectivity index (χ3v) is 14.0. The number of aromatic nitrogens is 4. The van der Waals surface area contributed by atoms with E-state index < -0.39 is 61.3 Å². The number of fused-ring (bicyclic) bond motifs is 8. The van der Waals surface area contributed by atoms with Crippen LogP contribution in [0.25, 0.3) is 90.9 Å². The van der Waals surface area contributed by atoms with Gasteiger partial charge >= 0.3 is 37.9 Å². The first-order chi connectivity index (χ1) is 34.2. The fourth-order valence-electron chi connectivity index (χ4n) is 7.59. The van der Waals surface area contributed by atoms with E-state index >= 15 is 0 Å². The molecule has 75 heavy (non-hydrogen) atoms.